The first kappa shape index (κ1) is 17.2. The molecule has 1 aromatic carbocycles. The number of alkyl halides is 3. The van der Waals surface area contributed by atoms with Crippen LogP contribution >= 0.6 is 0 Å². The van der Waals surface area contributed by atoms with Gasteiger partial charge in [0.05, 0.1) is 17.8 Å². The maximum atomic E-state index is 12.7. The molecule has 0 aliphatic rings. The number of pyridine rings is 1. The third kappa shape index (κ3) is 3.16. The van der Waals surface area contributed by atoms with Gasteiger partial charge in [0, 0.05) is 17.1 Å². The Balaban J connectivity index is 1.70. The summed E-state index contributed by atoms with van der Waals surface area (Å²) in [6.07, 6.45) is -3.22. The summed E-state index contributed by atoms with van der Waals surface area (Å²) in [5, 5.41) is 16.5. The molecule has 0 saturated heterocycles. The fourth-order valence-corrected chi connectivity index (χ4v) is 2.94. The molecular weight excluding hydrogens is 357 g/mol. The fraction of sp³-hybridized carbons (Fsp3) is 0.222. The van der Waals surface area contributed by atoms with Crippen molar-refractivity contribution < 1.29 is 13.2 Å². The average Bonchev–Trinajstić information content (AvgIpc) is 3.18. The van der Waals surface area contributed by atoms with Crippen LogP contribution in [0.1, 0.15) is 22.8 Å². The number of fused-ring (bicyclic) bond motifs is 1. The van der Waals surface area contributed by atoms with Crippen molar-refractivity contribution in [2.24, 2.45) is 0 Å². The van der Waals surface area contributed by atoms with Crippen molar-refractivity contribution in [1.29, 1.82) is 0 Å². The van der Waals surface area contributed by atoms with Crippen LogP contribution in [0.4, 0.5) is 13.2 Å². The lowest BCUT2D eigenvalue weighted by Crippen LogP contribution is -2.09. The van der Waals surface area contributed by atoms with E-state index in [-0.39, 0.29) is 0 Å². The summed E-state index contributed by atoms with van der Waals surface area (Å²) in [5.41, 5.74) is 2.38. The predicted molar refractivity (Wildman–Crippen MR) is 92.9 cm³/mol. The number of rotatable bonds is 3. The molecule has 3 heterocycles. The van der Waals surface area contributed by atoms with Crippen LogP contribution in [0, 0.1) is 13.8 Å². The number of hydrogen-bond acceptors (Lipinski definition) is 4. The highest BCUT2D eigenvalue weighted by Crippen LogP contribution is 2.28. The molecule has 0 saturated carbocycles. The maximum absolute atomic E-state index is 12.7. The van der Waals surface area contributed by atoms with Crippen LogP contribution in [0.5, 0.6) is 0 Å². The summed E-state index contributed by atoms with van der Waals surface area (Å²) < 4.78 is 39.9. The number of nitrogens with one attached hydrogen (secondary N) is 1. The molecule has 0 aliphatic carbocycles. The molecule has 0 radical (unpaired) electrons. The summed E-state index contributed by atoms with van der Waals surface area (Å²) >= 11 is 0. The van der Waals surface area contributed by atoms with Crippen molar-refractivity contribution in [1.82, 2.24) is 29.9 Å². The van der Waals surface area contributed by atoms with Crippen LogP contribution in [0.15, 0.2) is 36.5 Å². The third-order valence-electron chi connectivity index (χ3n) is 4.40. The lowest BCUT2D eigenvalue weighted by atomic mass is 10.1. The van der Waals surface area contributed by atoms with Crippen molar-refractivity contribution in [3.8, 4) is 11.4 Å². The Morgan fingerprint density at radius 2 is 1.89 bits per heavy atom. The largest absolute Gasteiger partial charge is 0.433 e. The lowest BCUT2D eigenvalue weighted by Gasteiger charge is -2.10. The highest BCUT2D eigenvalue weighted by Gasteiger charge is 2.32. The lowest BCUT2D eigenvalue weighted by molar-refractivity contribution is -0.141. The SMILES string of the molecule is Cc1n[nH]c2ccc(-c3nnc(C)n3Cc3ccc(C(F)(F)F)nc3)cc12. The van der Waals surface area contributed by atoms with E-state index < -0.39 is 11.9 Å². The van der Waals surface area contributed by atoms with Gasteiger partial charge in [0.2, 0.25) is 0 Å². The van der Waals surface area contributed by atoms with Gasteiger partial charge in [-0.25, -0.2) is 0 Å². The van der Waals surface area contributed by atoms with Crippen LogP contribution in [0.25, 0.3) is 22.3 Å². The average molecular weight is 372 g/mol. The Labute approximate surface area is 152 Å². The number of aromatic nitrogens is 6. The van der Waals surface area contributed by atoms with Gasteiger partial charge in [-0.1, -0.05) is 6.07 Å². The number of H-pyrrole nitrogens is 1. The van der Waals surface area contributed by atoms with Gasteiger partial charge in [-0.2, -0.15) is 18.3 Å². The zero-order chi connectivity index (χ0) is 19.2. The summed E-state index contributed by atoms with van der Waals surface area (Å²) in [6.45, 7) is 4.03. The molecule has 0 fully saturated rings. The molecule has 0 spiro atoms. The molecule has 4 aromatic rings. The van der Waals surface area contributed by atoms with Crippen molar-refractivity contribution in [2.45, 2.75) is 26.6 Å². The first-order chi connectivity index (χ1) is 12.8. The van der Waals surface area contributed by atoms with Gasteiger partial charge >= 0.3 is 6.18 Å². The maximum Gasteiger partial charge on any atom is 0.433 e. The molecule has 1 N–H and O–H groups in total. The molecule has 27 heavy (non-hydrogen) atoms. The van der Waals surface area contributed by atoms with Crippen molar-refractivity contribution in [2.75, 3.05) is 0 Å². The molecular formula is C18H15F3N6. The topological polar surface area (TPSA) is 72.3 Å². The van der Waals surface area contributed by atoms with Crippen molar-refractivity contribution >= 4 is 10.9 Å². The van der Waals surface area contributed by atoms with E-state index in [1.165, 1.54) is 12.3 Å². The smallest absolute Gasteiger partial charge is 0.307 e. The highest BCUT2D eigenvalue weighted by molar-refractivity contribution is 5.85. The van der Waals surface area contributed by atoms with Crippen molar-refractivity contribution in [3.63, 3.8) is 0 Å². The quantitative estimate of drug-likeness (QED) is 0.592. The van der Waals surface area contributed by atoms with Crippen LogP contribution in [-0.2, 0) is 12.7 Å². The monoisotopic (exact) mass is 372 g/mol. The second kappa shape index (κ2) is 6.19. The van der Waals surface area contributed by atoms with Crippen LogP contribution in [0.3, 0.4) is 0 Å². The van der Waals surface area contributed by atoms with E-state index in [1.54, 1.807) is 6.92 Å². The summed E-state index contributed by atoms with van der Waals surface area (Å²) in [6, 6.07) is 8.20. The summed E-state index contributed by atoms with van der Waals surface area (Å²) in [7, 11) is 0. The standard InChI is InChI=1S/C18H15F3N6/c1-10-14-7-13(4-5-15(14)25-23-10)17-26-24-11(2)27(17)9-12-3-6-16(22-8-12)18(19,20)21/h3-8H,9H2,1-2H3,(H,23,25). The second-order valence-corrected chi connectivity index (χ2v) is 6.28. The Morgan fingerprint density at radius 1 is 1.07 bits per heavy atom. The molecule has 138 valence electrons. The van der Waals surface area contributed by atoms with Gasteiger partial charge < -0.3 is 4.57 Å². The number of nitrogens with zero attached hydrogens (tertiary/aromatic N) is 5. The number of halogens is 3. The van der Waals surface area contributed by atoms with E-state index in [4.69, 9.17) is 0 Å². The van der Waals surface area contributed by atoms with E-state index in [0.717, 1.165) is 28.2 Å². The molecule has 6 nitrogen and oxygen atoms in total. The molecule has 9 heteroatoms. The third-order valence-corrected chi connectivity index (χ3v) is 4.40. The first-order valence-electron chi connectivity index (χ1n) is 8.20. The van der Waals surface area contributed by atoms with Gasteiger partial charge in [-0.3, -0.25) is 10.1 Å². The Kier molecular flexibility index (Phi) is 3.94. The van der Waals surface area contributed by atoms with Crippen LogP contribution in [0.2, 0.25) is 0 Å². The van der Waals surface area contributed by atoms with Gasteiger partial charge in [0.15, 0.2) is 5.82 Å². The number of hydrogen-bond donors (Lipinski definition) is 1. The summed E-state index contributed by atoms with van der Waals surface area (Å²) in [4.78, 5) is 3.52. The molecule has 0 amide bonds. The van der Waals surface area contributed by atoms with E-state index >= 15 is 0 Å². The predicted octanol–water partition coefficient (Wildman–Crippen LogP) is 3.90. The molecule has 0 atom stereocenters. The Morgan fingerprint density at radius 3 is 2.59 bits per heavy atom. The molecule has 3 aromatic heterocycles. The van der Waals surface area contributed by atoms with Crippen LogP contribution in [-0.4, -0.2) is 29.9 Å². The highest BCUT2D eigenvalue weighted by atomic mass is 19.4. The molecule has 0 aliphatic heterocycles. The van der Waals surface area contributed by atoms with Gasteiger partial charge in [0.1, 0.15) is 11.5 Å². The summed E-state index contributed by atoms with van der Waals surface area (Å²) in [5.74, 6) is 1.30. The number of aromatic amines is 1. The van der Waals surface area contributed by atoms with E-state index in [1.807, 2.05) is 29.7 Å². The molecule has 0 bridgehead atoms. The van der Waals surface area contributed by atoms with E-state index in [0.29, 0.717) is 23.8 Å². The minimum Gasteiger partial charge on any atom is -0.307 e. The van der Waals surface area contributed by atoms with E-state index in [2.05, 4.69) is 25.4 Å². The zero-order valence-electron chi connectivity index (χ0n) is 14.5. The Hall–Kier alpha value is -3.23. The molecule has 4 rings (SSSR count). The molecule has 0 unspecified atom stereocenters. The first-order valence-corrected chi connectivity index (χ1v) is 8.20. The van der Waals surface area contributed by atoms with Crippen LogP contribution < -0.4 is 0 Å². The minimum atomic E-state index is -4.45. The number of benzene rings is 1. The van der Waals surface area contributed by atoms with Gasteiger partial charge in [0.25, 0.3) is 0 Å². The normalized spacial score (nSPS) is 12.0. The zero-order valence-corrected chi connectivity index (χ0v) is 14.5. The van der Waals surface area contributed by atoms with Gasteiger partial charge in [-0.15, -0.1) is 10.2 Å². The Bertz CT molecular complexity index is 1110. The number of aryl methyl sites for hydroxylation is 2. The fourth-order valence-electron chi connectivity index (χ4n) is 2.94. The van der Waals surface area contributed by atoms with E-state index in [9.17, 15) is 13.2 Å². The van der Waals surface area contributed by atoms with Gasteiger partial charge in [-0.05, 0) is 43.7 Å². The van der Waals surface area contributed by atoms with Crippen molar-refractivity contribution in [3.05, 3.63) is 59.3 Å². The minimum absolute atomic E-state index is 0.321. The second-order valence-electron chi connectivity index (χ2n) is 6.28.